The third-order valence-corrected chi connectivity index (χ3v) is 4.69. The minimum atomic E-state index is -0.929. The van der Waals surface area contributed by atoms with Crippen LogP contribution < -0.4 is 5.32 Å². The van der Waals surface area contributed by atoms with Gasteiger partial charge in [0.15, 0.2) is 0 Å². The molecule has 130 valence electrons. The Labute approximate surface area is 140 Å². The molecule has 2 aliphatic rings. The summed E-state index contributed by atoms with van der Waals surface area (Å²) in [5.74, 6) is -0.785. The number of nitrogens with one attached hydrogen (secondary N) is 1. The van der Waals surface area contributed by atoms with E-state index in [1.54, 1.807) is 12.1 Å². The summed E-state index contributed by atoms with van der Waals surface area (Å²) in [5.41, 5.74) is 1.57. The number of amides is 2. The molecule has 3 rings (SSSR count). The van der Waals surface area contributed by atoms with Gasteiger partial charge in [-0.3, -0.25) is 14.5 Å². The number of hydrogen-bond acceptors (Lipinski definition) is 4. The molecule has 2 aliphatic heterocycles. The van der Waals surface area contributed by atoms with Crippen LogP contribution in [0.15, 0.2) is 18.2 Å². The van der Waals surface area contributed by atoms with Crippen molar-refractivity contribution in [2.45, 2.75) is 38.6 Å². The van der Waals surface area contributed by atoms with Crippen LogP contribution in [0.2, 0.25) is 0 Å². The number of piperazine rings is 2. The minimum absolute atomic E-state index is 0.254. The predicted octanol–water partition coefficient (Wildman–Crippen LogP) is 0.0261. The zero-order valence-corrected chi connectivity index (χ0v) is 13.8. The SMILES string of the molecule is Cc1ccc(F)c(CN2CCN3C(=O)[C@H]([C@@H](C)O)NC(=O)[C@H]3C2)c1. The van der Waals surface area contributed by atoms with Gasteiger partial charge in [-0.05, 0) is 19.9 Å². The summed E-state index contributed by atoms with van der Waals surface area (Å²) >= 11 is 0. The van der Waals surface area contributed by atoms with Gasteiger partial charge >= 0.3 is 0 Å². The van der Waals surface area contributed by atoms with Crippen molar-refractivity contribution in [2.75, 3.05) is 19.6 Å². The minimum Gasteiger partial charge on any atom is -0.391 e. The Morgan fingerprint density at radius 3 is 2.83 bits per heavy atom. The molecule has 2 saturated heterocycles. The monoisotopic (exact) mass is 335 g/mol. The predicted molar refractivity (Wildman–Crippen MR) is 85.5 cm³/mol. The highest BCUT2D eigenvalue weighted by Gasteiger charge is 2.44. The molecule has 0 saturated carbocycles. The van der Waals surface area contributed by atoms with Gasteiger partial charge in [0.1, 0.15) is 17.9 Å². The van der Waals surface area contributed by atoms with Gasteiger partial charge < -0.3 is 15.3 Å². The van der Waals surface area contributed by atoms with Crippen molar-refractivity contribution in [3.8, 4) is 0 Å². The molecule has 0 radical (unpaired) electrons. The van der Waals surface area contributed by atoms with E-state index >= 15 is 0 Å². The first-order valence-electron chi connectivity index (χ1n) is 8.13. The topological polar surface area (TPSA) is 72.9 Å². The number of aryl methyl sites for hydroxylation is 1. The molecule has 0 spiro atoms. The van der Waals surface area contributed by atoms with E-state index in [2.05, 4.69) is 5.32 Å². The number of aliphatic hydroxyl groups excluding tert-OH is 1. The molecule has 3 atom stereocenters. The Morgan fingerprint density at radius 2 is 2.12 bits per heavy atom. The van der Waals surface area contributed by atoms with Crippen molar-refractivity contribution in [2.24, 2.45) is 0 Å². The number of carbonyl (C=O) groups is 2. The van der Waals surface area contributed by atoms with E-state index < -0.39 is 18.2 Å². The van der Waals surface area contributed by atoms with Crippen LogP contribution in [0.5, 0.6) is 0 Å². The second kappa shape index (κ2) is 6.49. The molecule has 0 aliphatic carbocycles. The van der Waals surface area contributed by atoms with Crippen LogP contribution >= 0.6 is 0 Å². The maximum Gasteiger partial charge on any atom is 0.248 e. The molecule has 2 heterocycles. The third kappa shape index (κ3) is 3.14. The molecule has 0 unspecified atom stereocenters. The van der Waals surface area contributed by atoms with E-state index in [4.69, 9.17) is 0 Å². The average Bonchev–Trinajstić information content (AvgIpc) is 2.54. The van der Waals surface area contributed by atoms with Crippen molar-refractivity contribution in [3.05, 3.63) is 35.1 Å². The second-order valence-corrected chi connectivity index (χ2v) is 6.60. The Morgan fingerprint density at radius 1 is 1.38 bits per heavy atom. The van der Waals surface area contributed by atoms with Crippen molar-refractivity contribution in [1.82, 2.24) is 15.1 Å². The first-order chi connectivity index (χ1) is 11.4. The largest absolute Gasteiger partial charge is 0.391 e. The summed E-state index contributed by atoms with van der Waals surface area (Å²) in [5, 5.41) is 12.2. The van der Waals surface area contributed by atoms with Gasteiger partial charge in [-0.1, -0.05) is 17.7 Å². The molecule has 1 aromatic rings. The Hall–Kier alpha value is -1.99. The second-order valence-electron chi connectivity index (χ2n) is 6.60. The summed E-state index contributed by atoms with van der Waals surface area (Å²) in [6.07, 6.45) is -0.929. The Bertz CT molecular complexity index is 664. The van der Waals surface area contributed by atoms with Crippen molar-refractivity contribution in [1.29, 1.82) is 0 Å². The number of hydrogen-bond donors (Lipinski definition) is 2. The number of aliphatic hydroxyl groups is 1. The van der Waals surface area contributed by atoms with Crippen LogP contribution in [0.4, 0.5) is 4.39 Å². The third-order valence-electron chi connectivity index (χ3n) is 4.69. The molecular formula is C17H22FN3O3. The number of halogens is 1. The smallest absolute Gasteiger partial charge is 0.248 e. The molecule has 24 heavy (non-hydrogen) atoms. The van der Waals surface area contributed by atoms with Crippen LogP contribution in [-0.4, -0.2) is 64.5 Å². The van der Waals surface area contributed by atoms with E-state index in [0.29, 0.717) is 31.7 Å². The number of benzene rings is 1. The van der Waals surface area contributed by atoms with Crippen LogP contribution in [0.1, 0.15) is 18.1 Å². The maximum atomic E-state index is 13.9. The summed E-state index contributed by atoms with van der Waals surface area (Å²) in [6, 6.07) is 3.51. The number of carbonyl (C=O) groups excluding carboxylic acids is 2. The highest BCUT2D eigenvalue weighted by Crippen LogP contribution is 2.20. The number of nitrogens with zero attached hydrogens (tertiary/aromatic N) is 2. The normalized spacial score (nSPS) is 26.1. The molecule has 0 aromatic heterocycles. The van der Waals surface area contributed by atoms with E-state index in [1.807, 2.05) is 11.8 Å². The highest BCUT2D eigenvalue weighted by molar-refractivity contribution is 5.97. The lowest BCUT2D eigenvalue weighted by Crippen LogP contribution is -2.70. The molecule has 0 bridgehead atoms. The zero-order valence-electron chi connectivity index (χ0n) is 13.8. The summed E-state index contributed by atoms with van der Waals surface area (Å²) in [4.78, 5) is 28.2. The fourth-order valence-electron chi connectivity index (χ4n) is 3.35. The number of fused-ring (bicyclic) bond motifs is 1. The molecule has 1 aromatic carbocycles. The van der Waals surface area contributed by atoms with Crippen molar-refractivity contribution in [3.63, 3.8) is 0 Å². The van der Waals surface area contributed by atoms with Crippen molar-refractivity contribution < 1.29 is 19.1 Å². The first-order valence-corrected chi connectivity index (χ1v) is 8.13. The van der Waals surface area contributed by atoms with E-state index in [-0.39, 0.29) is 17.6 Å². The van der Waals surface area contributed by atoms with Crippen LogP contribution in [0.25, 0.3) is 0 Å². The fourth-order valence-corrected chi connectivity index (χ4v) is 3.35. The van der Waals surface area contributed by atoms with Gasteiger partial charge in [-0.2, -0.15) is 0 Å². The van der Waals surface area contributed by atoms with Gasteiger partial charge in [0.05, 0.1) is 6.10 Å². The highest BCUT2D eigenvalue weighted by atomic mass is 19.1. The maximum absolute atomic E-state index is 13.9. The first kappa shape index (κ1) is 16.9. The van der Waals surface area contributed by atoms with Crippen LogP contribution in [0.3, 0.4) is 0 Å². The molecule has 2 N–H and O–H groups in total. The molecule has 6 nitrogen and oxygen atoms in total. The average molecular weight is 335 g/mol. The fraction of sp³-hybridized carbons (Fsp3) is 0.529. The molecule has 2 fully saturated rings. The lowest BCUT2D eigenvalue weighted by Gasteiger charge is -2.45. The standard InChI is InChI=1S/C17H22FN3O3/c1-10-3-4-13(18)12(7-10)8-20-5-6-21-14(9-20)16(23)19-15(11(2)22)17(21)24/h3-4,7,11,14-15,22H,5-6,8-9H2,1-2H3,(H,19,23)/t11-,14-,15+/m1/s1. The van der Waals surface area contributed by atoms with Gasteiger partial charge in [-0.25, -0.2) is 4.39 Å². The van der Waals surface area contributed by atoms with Crippen LogP contribution in [-0.2, 0) is 16.1 Å². The van der Waals surface area contributed by atoms with E-state index in [9.17, 15) is 19.1 Å². The van der Waals surface area contributed by atoms with E-state index in [1.165, 1.54) is 17.9 Å². The van der Waals surface area contributed by atoms with Gasteiger partial charge in [0, 0.05) is 31.7 Å². The zero-order chi connectivity index (χ0) is 17.4. The summed E-state index contributed by atoms with van der Waals surface area (Å²) in [6.45, 7) is 5.11. The quantitative estimate of drug-likeness (QED) is 0.817. The number of rotatable bonds is 3. The molecule has 7 heteroatoms. The lowest BCUT2D eigenvalue weighted by atomic mass is 10.0. The van der Waals surface area contributed by atoms with Gasteiger partial charge in [0.25, 0.3) is 0 Å². The Kier molecular flexibility index (Phi) is 4.56. The molecule has 2 amide bonds. The van der Waals surface area contributed by atoms with Crippen LogP contribution in [0, 0.1) is 12.7 Å². The van der Waals surface area contributed by atoms with Crippen molar-refractivity contribution >= 4 is 11.8 Å². The Balaban J connectivity index is 1.72. The molecular weight excluding hydrogens is 313 g/mol. The lowest BCUT2D eigenvalue weighted by molar-refractivity contribution is -0.156. The summed E-state index contributed by atoms with van der Waals surface area (Å²) < 4.78 is 13.9. The van der Waals surface area contributed by atoms with Gasteiger partial charge in [-0.15, -0.1) is 0 Å². The van der Waals surface area contributed by atoms with Gasteiger partial charge in [0.2, 0.25) is 11.8 Å². The summed E-state index contributed by atoms with van der Waals surface area (Å²) in [7, 11) is 0. The van der Waals surface area contributed by atoms with E-state index in [0.717, 1.165) is 5.56 Å².